The summed E-state index contributed by atoms with van der Waals surface area (Å²) in [4.78, 5) is 0. The fraction of sp³-hybridized carbons (Fsp3) is 0.750. The first-order valence-electron chi connectivity index (χ1n) is 11.2. The minimum Gasteiger partial charge on any atom is -0.508 e. The highest BCUT2D eigenvalue weighted by Crippen LogP contribution is 2.61. The van der Waals surface area contributed by atoms with Crippen LogP contribution in [0.15, 0.2) is 12.1 Å². The molecule has 0 radical (unpaired) electrons. The van der Waals surface area contributed by atoms with Gasteiger partial charge < -0.3 is 15.5 Å². The molecule has 0 unspecified atom stereocenters. The summed E-state index contributed by atoms with van der Waals surface area (Å²) in [7, 11) is 2.00. The second-order valence-electron chi connectivity index (χ2n) is 9.65. The summed E-state index contributed by atoms with van der Waals surface area (Å²) in [5.74, 6) is 2.55. The molecule has 1 aromatic rings. The summed E-state index contributed by atoms with van der Waals surface area (Å²) in [5, 5.41) is 24.3. The molecular weight excluding hydrogens is 334 g/mol. The van der Waals surface area contributed by atoms with Crippen molar-refractivity contribution in [1.29, 1.82) is 0 Å². The zero-order chi connectivity index (χ0) is 19.0. The molecule has 1 aromatic carbocycles. The monoisotopic (exact) mass is 371 g/mol. The van der Waals surface area contributed by atoms with Crippen LogP contribution in [0, 0.1) is 17.3 Å². The van der Waals surface area contributed by atoms with Crippen molar-refractivity contribution in [1.82, 2.24) is 5.32 Å². The van der Waals surface area contributed by atoms with Crippen LogP contribution in [0.4, 0.5) is 0 Å². The van der Waals surface area contributed by atoms with Crippen molar-refractivity contribution in [2.24, 2.45) is 17.3 Å². The number of aliphatic hydroxyl groups excluding tert-OH is 1. The Balaban J connectivity index is 1.52. The Labute approximate surface area is 164 Å². The van der Waals surface area contributed by atoms with E-state index in [1.54, 1.807) is 0 Å². The summed E-state index contributed by atoms with van der Waals surface area (Å²) >= 11 is 0. The van der Waals surface area contributed by atoms with Gasteiger partial charge in [0.05, 0.1) is 6.10 Å². The molecule has 150 valence electrons. The SMILES string of the molecule is CNCCCCCc1cc2c(cc1O)CC[C@@H]1[C@@H]2CC[C@]2(C)[C@@H](O)CC[C@@H]12. The molecule has 3 N–H and O–H groups in total. The minimum atomic E-state index is -0.0992. The number of hydrogen-bond donors (Lipinski definition) is 3. The first-order valence-corrected chi connectivity index (χ1v) is 11.2. The van der Waals surface area contributed by atoms with E-state index in [9.17, 15) is 10.2 Å². The van der Waals surface area contributed by atoms with Gasteiger partial charge in [-0.25, -0.2) is 0 Å². The van der Waals surface area contributed by atoms with Crippen LogP contribution in [0.1, 0.15) is 80.9 Å². The second kappa shape index (κ2) is 7.75. The van der Waals surface area contributed by atoms with E-state index in [1.165, 1.54) is 43.2 Å². The smallest absolute Gasteiger partial charge is 0.119 e. The van der Waals surface area contributed by atoms with Crippen LogP contribution in [0.25, 0.3) is 0 Å². The number of aryl methyl sites for hydroxylation is 2. The van der Waals surface area contributed by atoms with Gasteiger partial charge >= 0.3 is 0 Å². The number of phenolic OH excluding ortho intramolecular Hbond substituents is 1. The van der Waals surface area contributed by atoms with Crippen LogP contribution in [-0.4, -0.2) is 29.9 Å². The molecule has 27 heavy (non-hydrogen) atoms. The molecule has 3 nitrogen and oxygen atoms in total. The fourth-order valence-corrected chi connectivity index (χ4v) is 6.62. The molecule has 0 spiro atoms. The van der Waals surface area contributed by atoms with E-state index in [0.29, 0.717) is 17.6 Å². The zero-order valence-electron chi connectivity index (χ0n) is 17.1. The average Bonchev–Trinajstić information content (AvgIpc) is 2.97. The predicted molar refractivity (Wildman–Crippen MR) is 110 cm³/mol. The zero-order valence-corrected chi connectivity index (χ0v) is 17.1. The number of phenols is 1. The van der Waals surface area contributed by atoms with Gasteiger partial charge in [-0.1, -0.05) is 19.4 Å². The number of aliphatic hydroxyl groups is 1. The van der Waals surface area contributed by atoms with Crippen LogP contribution in [-0.2, 0) is 12.8 Å². The van der Waals surface area contributed by atoms with Gasteiger partial charge in [0.25, 0.3) is 0 Å². The van der Waals surface area contributed by atoms with Crippen LogP contribution in [0.2, 0.25) is 0 Å². The number of hydrogen-bond acceptors (Lipinski definition) is 3. The molecule has 0 bridgehead atoms. The number of nitrogens with one attached hydrogen (secondary N) is 1. The van der Waals surface area contributed by atoms with Gasteiger partial charge in [0.2, 0.25) is 0 Å². The molecule has 2 saturated carbocycles. The van der Waals surface area contributed by atoms with Crippen LogP contribution >= 0.6 is 0 Å². The Morgan fingerprint density at radius 1 is 1.11 bits per heavy atom. The lowest BCUT2D eigenvalue weighted by molar-refractivity contribution is -0.0226. The first-order chi connectivity index (χ1) is 13.0. The number of fused-ring (bicyclic) bond motifs is 5. The fourth-order valence-electron chi connectivity index (χ4n) is 6.62. The summed E-state index contributed by atoms with van der Waals surface area (Å²) in [6.45, 7) is 3.42. The minimum absolute atomic E-state index is 0.0992. The maximum Gasteiger partial charge on any atom is 0.119 e. The quantitative estimate of drug-likeness (QED) is 0.644. The average molecular weight is 372 g/mol. The summed E-state index contributed by atoms with van der Waals surface area (Å²) < 4.78 is 0. The van der Waals surface area contributed by atoms with E-state index in [0.717, 1.165) is 50.1 Å². The van der Waals surface area contributed by atoms with Crippen molar-refractivity contribution in [2.45, 2.75) is 83.2 Å². The third-order valence-corrected chi connectivity index (χ3v) is 8.25. The van der Waals surface area contributed by atoms with E-state index in [4.69, 9.17) is 0 Å². The van der Waals surface area contributed by atoms with E-state index in [1.807, 2.05) is 7.05 Å². The van der Waals surface area contributed by atoms with Crippen molar-refractivity contribution >= 4 is 0 Å². The summed E-state index contributed by atoms with van der Waals surface area (Å²) in [5.41, 5.74) is 4.21. The standard InChI is InChI=1S/C24H37NO2/c1-24-12-11-18-19(21(24)9-10-23(24)27)8-7-16-15-22(26)17(14-20(16)18)6-4-3-5-13-25-2/h14-15,18-19,21,23,25-27H,3-13H2,1-2H3/t18-,19+,21-,23-,24-/m0/s1. The Bertz CT molecular complexity index is 673. The molecule has 3 aliphatic rings. The lowest BCUT2D eigenvalue weighted by Gasteiger charge is -2.50. The van der Waals surface area contributed by atoms with E-state index in [2.05, 4.69) is 24.4 Å². The molecule has 3 heteroatoms. The van der Waals surface area contributed by atoms with Crippen molar-refractivity contribution in [2.75, 3.05) is 13.6 Å². The van der Waals surface area contributed by atoms with Crippen LogP contribution < -0.4 is 5.32 Å². The van der Waals surface area contributed by atoms with Crippen molar-refractivity contribution in [3.63, 3.8) is 0 Å². The second-order valence-corrected chi connectivity index (χ2v) is 9.65. The molecule has 0 heterocycles. The third kappa shape index (κ3) is 3.42. The van der Waals surface area contributed by atoms with Gasteiger partial charge in [-0.05, 0) is 117 Å². The molecule has 5 atom stereocenters. The Kier molecular flexibility index (Phi) is 5.53. The predicted octanol–water partition coefficient (Wildman–Crippen LogP) is 4.54. The molecule has 0 aliphatic heterocycles. The maximum atomic E-state index is 10.6. The van der Waals surface area contributed by atoms with Gasteiger partial charge in [0, 0.05) is 0 Å². The van der Waals surface area contributed by atoms with Gasteiger partial charge in [-0.2, -0.15) is 0 Å². The lowest BCUT2D eigenvalue weighted by Crippen LogP contribution is -2.43. The Morgan fingerprint density at radius 3 is 2.78 bits per heavy atom. The van der Waals surface area contributed by atoms with Gasteiger partial charge in [-0.15, -0.1) is 0 Å². The number of benzene rings is 1. The number of rotatable bonds is 6. The molecule has 2 fully saturated rings. The highest BCUT2D eigenvalue weighted by atomic mass is 16.3. The normalized spacial score (nSPS) is 34.8. The van der Waals surface area contributed by atoms with E-state index in [-0.39, 0.29) is 11.5 Å². The van der Waals surface area contributed by atoms with Gasteiger partial charge in [-0.3, -0.25) is 0 Å². The van der Waals surface area contributed by atoms with Crippen molar-refractivity contribution in [3.8, 4) is 5.75 Å². The van der Waals surface area contributed by atoms with Crippen molar-refractivity contribution in [3.05, 3.63) is 28.8 Å². The molecule has 0 saturated heterocycles. The maximum absolute atomic E-state index is 10.6. The lowest BCUT2D eigenvalue weighted by atomic mass is 9.55. The highest BCUT2D eigenvalue weighted by molar-refractivity contribution is 5.45. The third-order valence-electron chi connectivity index (χ3n) is 8.25. The Morgan fingerprint density at radius 2 is 1.96 bits per heavy atom. The number of unbranched alkanes of at least 4 members (excludes halogenated alkanes) is 2. The Hall–Kier alpha value is -1.06. The molecule has 0 aromatic heterocycles. The first kappa shape index (κ1) is 19.3. The van der Waals surface area contributed by atoms with Gasteiger partial charge in [0.15, 0.2) is 0 Å². The van der Waals surface area contributed by atoms with E-state index >= 15 is 0 Å². The van der Waals surface area contributed by atoms with Crippen molar-refractivity contribution < 1.29 is 10.2 Å². The number of aromatic hydroxyl groups is 1. The van der Waals surface area contributed by atoms with E-state index < -0.39 is 0 Å². The summed E-state index contributed by atoms with van der Waals surface area (Å²) in [6, 6.07) is 4.43. The summed E-state index contributed by atoms with van der Waals surface area (Å²) in [6.07, 6.45) is 11.3. The molecular formula is C24H37NO2. The largest absolute Gasteiger partial charge is 0.508 e. The topological polar surface area (TPSA) is 52.5 Å². The van der Waals surface area contributed by atoms with Crippen LogP contribution in [0.3, 0.4) is 0 Å². The molecule has 4 rings (SSSR count). The highest BCUT2D eigenvalue weighted by Gasteiger charge is 2.54. The molecule has 0 amide bonds. The molecule has 3 aliphatic carbocycles. The van der Waals surface area contributed by atoms with Crippen LogP contribution in [0.5, 0.6) is 5.75 Å². The van der Waals surface area contributed by atoms with Gasteiger partial charge in [0.1, 0.15) is 5.75 Å².